The van der Waals surface area contributed by atoms with Crippen LogP contribution < -0.4 is 10.1 Å². The van der Waals surface area contributed by atoms with E-state index in [4.69, 9.17) is 4.74 Å². The number of benzene rings is 1. The summed E-state index contributed by atoms with van der Waals surface area (Å²) in [5.74, 6) is 0.888. The molecule has 0 aromatic heterocycles. The van der Waals surface area contributed by atoms with Crippen LogP contribution in [0.2, 0.25) is 0 Å². The third kappa shape index (κ3) is 3.87. The van der Waals surface area contributed by atoms with E-state index in [1.54, 1.807) is 6.07 Å². The van der Waals surface area contributed by atoms with Gasteiger partial charge in [0.15, 0.2) is 5.75 Å². The maximum atomic E-state index is 12.1. The number of nitrogens with zero attached hydrogens (tertiary/aromatic N) is 2. The van der Waals surface area contributed by atoms with Crippen LogP contribution in [0.4, 0.5) is 11.4 Å². The molecule has 0 atom stereocenters. The molecule has 120 valence electrons. The van der Waals surface area contributed by atoms with Gasteiger partial charge in [-0.15, -0.1) is 0 Å². The smallest absolute Gasteiger partial charge is 0.312 e. The highest BCUT2D eigenvalue weighted by Crippen LogP contribution is 2.29. The van der Waals surface area contributed by atoms with Crippen LogP contribution in [0.25, 0.3) is 0 Å². The van der Waals surface area contributed by atoms with Gasteiger partial charge < -0.3 is 15.0 Å². The first-order chi connectivity index (χ1) is 10.5. The second-order valence-corrected chi connectivity index (χ2v) is 5.56. The molecule has 7 heteroatoms. The van der Waals surface area contributed by atoms with Gasteiger partial charge in [-0.2, -0.15) is 0 Å². The number of rotatable bonds is 5. The monoisotopic (exact) mass is 307 g/mol. The number of amides is 1. The fourth-order valence-electron chi connectivity index (χ4n) is 2.49. The van der Waals surface area contributed by atoms with Crippen LogP contribution in [0.15, 0.2) is 18.2 Å². The second-order valence-electron chi connectivity index (χ2n) is 5.56. The van der Waals surface area contributed by atoms with Crippen LogP contribution in [0.3, 0.4) is 0 Å². The Kier molecular flexibility index (Phi) is 5.19. The quantitative estimate of drug-likeness (QED) is 0.666. The molecule has 1 aliphatic rings. The molecule has 1 aromatic carbocycles. The lowest BCUT2D eigenvalue weighted by molar-refractivity contribution is -0.385. The second kappa shape index (κ2) is 7.11. The first-order valence-corrected chi connectivity index (χ1v) is 7.35. The van der Waals surface area contributed by atoms with E-state index in [0.717, 1.165) is 25.9 Å². The van der Waals surface area contributed by atoms with E-state index in [0.29, 0.717) is 11.6 Å². The Balaban J connectivity index is 1.95. The Labute approximate surface area is 129 Å². The number of carbonyl (C=O) groups is 1. The highest BCUT2D eigenvalue weighted by molar-refractivity contribution is 5.81. The molecule has 0 radical (unpaired) electrons. The van der Waals surface area contributed by atoms with Crippen LogP contribution in [-0.2, 0) is 4.79 Å². The van der Waals surface area contributed by atoms with Crippen molar-refractivity contribution in [1.29, 1.82) is 0 Å². The van der Waals surface area contributed by atoms with Crippen molar-refractivity contribution in [2.24, 2.45) is 5.92 Å². The van der Waals surface area contributed by atoms with Gasteiger partial charge >= 0.3 is 5.69 Å². The fraction of sp³-hybridized carbons (Fsp3) is 0.533. The van der Waals surface area contributed by atoms with Crippen molar-refractivity contribution in [2.75, 3.05) is 32.1 Å². The molecule has 0 unspecified atom stereocenters. The summed E-state index contributed by atoms with van der Waals surface area (Å²) in [4.78, 5) is 24.4. The number of likely N-dealkylation sites (tertiary alicyclic amines) is 1. The molecule has 0 aliphatic carbocycles. The number of hydrogen-bond donors (Lipinski definition) is 1. The lowest BCUT2D eigenvalue weighted by Crippen LogP contribution is -2.40. The molecule has 0 spiro atoms. The summed E-state index contributed by atoms with van der Waals surface area (Å²) in [6.45, 7) is 3.89. The number of nitro groups is 1. The van der Waals surface area contributed by atoms with E-state index in [9.17, 15) is 14.9 Å². The minimum absolute atomic E-state index is 0.0189. The third-order valence-electron chi connectivity index (χ3n) is 3.96. The van der Waals surface area contributed by atoms with E-state index in [-0.39, 0.29) is 23.9 Å². The first-order valence-electron chi connectivity index (χ1n) is 7.35. The Bertz CT molecular complexity index is 554. The van der Waals surface area contributed by atoms with E-state index in [1.165, 1.54) is 19.2 Å². The van der Waals surface area contributed by atoms with Gasteiger partial charge in [-0.1, -0.05) is 6.92 Å². The number of nitro benzene ring substituents is 1. The standard InChI is InChI=1S/C15H21N3O4/c1-11-5-7-17(8-6-11)15(19)10-16-12-3-4-14(22-2)13(9-12)18(20)21/h3-4,9,11,16H,5-8,10H2,1-2H3. The summed E-state index contributed by atoms with van der Waals surface area (Å²) in [7, 11) is 1.39. The molecule has 1 fully saturated rings. The van der Waals surface area contributed by atoms with Crippen molar-refractivity contribution >= 4 is 17.3 Å². The van der Waals surface area contributed by atoms with Crippen LogP contribution in [-0.4, -0.2) is 42.5 Å². The summed E-state index contributed by atoms with van der Waals surface area (Å²) >= 11 is 0. The average molecular weight is 307 g/mol. The summed E-state index contributed by atoms with van der Waals surface area (Å²) < 4.78 is 4.95. The van der Waals surface area contributed by atoms with Gasteiger partial charge in [-0.3, -0.25) is 14.9 Å². The molecule has 1 saturated heterocycles. The highest BCUT2D eigenvalue weighted by atomic mass is 16.6. The number of piperidine rings is 1. The van der Waals surface area contributed by atoms with E-state index in [1.807, 2.05) is 4.90 Å². The van der Waals surface area contributed by atoms with E-state index in [2.05, 4.69) is 12.2 Å². The van der Waals surface area contributed by atoms with Gasteiger partial charge in [0.2, 0.25) is 5.91 Å². The van der Waals surface area contributed by atoms with Crippen molar-refractivity contribution in [3.63, 3.8) is 0 Å². The Morgan fingerprint density at radius 2 is 2.14 bits per heavy atom. The third-order valence-corrected chi connectivity index (χ3v) is 3.96. The molecule has 22 heavy (non-hydrogen) atoms. The van der Waals surface area contributed by atoms with Crippen molar-refractivity contribution in [3.05, 3.63) is 28.3 Å². The largest absolute Gasteiger partial charge is 0.490 e. The summed E-state index contributed by atoms with van der Waals surface area (Å²) in [6, 6.07) is 4.56. The molecule has 1 heterocycles. The van der Waals surface area contributed by atoms with Crippen LogP contribution in [0.5, 0.6) is 5.75 Å². The summed E-state index contributed by atoms with van der Waals surface area (Å²) in [5, 5.41) is 13.9. The number of anilines is 1. The number of hydrogen-bond acceptors (Lipinski definition) is 5. The number of carbonyl (C=O) groups excluding carboxylic acids is 1. The minimum Gasteiger partial charge on any atom is -0.490 e. The van der Waals surface area contributed by atoms with Crippen LogP contribution in [0.1, 0.15) is 19.8 Å². The molecule has 1 aliphatic heterocycles. The summed E-state index contributed by atoms with van der Waals surface area (Å²) in [6.07, 6.45) is 2.06. The highest BCUT2D eigenvalue weighted by Gasteiger charge is 2.20. The predicted octanol–water partition coefficient (Wildman–Crippen LogP) is 2.27. The predicted molar refractivity (Wildman–Crippen MR) is 83.1 cm³/mol. The van der Waals surface area contributed by atoms with Gasteiger partial charge in [-0.25, -0.2) is 0 Å². The van der Waals surface area contributed by atoms with E-state index < -0.39 is 4.92 Å². The number of ether oxygens (including phenoxy) is 1. The van der Waals surface area contributed by atoms with Gasteiger partial charge in [0.1, 0.15) is 0 Å². The molecule has 0 bridgehead atoms. The average Bonchev–Trinajstić information content (AvgIpc) is 2.53. The molecule has 1 amide bonds. The van der Waals surface area contributed by atoms with Crippen molar-refractivity contribution in [2.45, 2.75) is 19.8 Å². The lowest BCUT2D eigenvalue weighted by atomic mass is 9.99. The normalized spacial score (nSPS) is 15.5. The van der Waals surface area contributed by atoms with Crippen LogP contribution >= 0.6 is 0 Å². The first kappa shape index (κ1) is 16.1. The maximum Gasteiger partial charge on any atom is 0.312 e. The van der Waals surface area contributed by atoms with Gasteiger partial charge in [0, 0.05) is 24.8 Å². The minimum atomic E-state index is -0.502. The molecule has 1 N–H and O–H groups in total. The topological polar surface area (TPSA) is 84.7 Å². The van der Waals surface area contributed by atoms with Crippen molar-refractivity contribution < 1.29 is 14.5 Å². The van der Waals surface area contributed by atoms with Crippen LogP contribution in [0, 0.1) is 16.0 Å². The van der Waals surface area contributed by atoms with Gasteiger partial charge in [0.05, 0.1) is 18.6 Å². The summed E-state index contributed by atoms with van der Waals surface area (Å²) in [5.41, 5.74) is 0.415. The Hall–Kier alpha value is -2.31. The molecular weight excluding hydrogens is 286 g/mol. The fourth-order valence-corrected chi connectivity index (χ4v) is 2.49. The SMILES string of the molecule is COc1ccc(NCC(=O)N2CCC(C)CC2)cc1[N+](=O)[O-]. The van der Waals surface area contributed by atoms with Crippen molar-refractivity contribution in [3.8, 4) is 5.75 Å². The molecule has 0 saturated carbocycles. The van der Waals surface area contributed by atoms with Gasteiger partial charge in [-0.05, 0) is 30.9 Å². The number of methoxy groups -OCH3 is 1. The zero-order valence-electron chi connectivity index (χ0n) is 12.9. The Morgan fingerprint density at radius 3 is 2.73 bits per heavy atom. The Morgan fingerprint density at radius 1 is 1.45 bits per heavy atom. The maximum absolute atomic E-state index is 12.1. The molecular formula is C15H21N3O4. The van der Waals surface area contributed by atoms with Gasteiger partial charge in [0.25, 0.3) is 0 Å². The molecule has 7 nitrogen and oxygen atoms in total. The zero-order chi connectivity index (χ0) is 16.1. The van der Waals surface area contributed by atoms with Crippen molar-refractivity contribution in [1.82, 2.24) is 4.90 Å². The zero-order valence-corrected chi connectivity index (χ0v) is 12.9. The van der Waals surface area contributed by atoms with E-state index >= 15 is 0 Å². The number of nitrogens with one attached hydrogen (secondary N) is 1. The lowest BCUT2D eigenvalue weighted by Gasteiger charge is -2.30. The molecule has 2 rings (SSSR count). The molecule has 1 aromatic rings.